The molecule has 0 aliphatic heterocycles. The Balaban J connectivity index is 1.70. The number of carbonyl (C=O) groups is 1. The lowest BCUT2D eigenvalue weighted by atomic mass is 10.1. The molecule has 1 aromatic heterocycles. The highest BCUT2D eigenvalue weighted by atomic mass is 35.5. The molecule has 35 heavy (non-hydrogen) atoms. The third-order valence-corrected chi connectivity index (χ3v) is 5.44. The van der Waals surface area contributed by atoms with Gasteiger partial charge in [0.1, 0.15) is 5.82 Å². The summed E-state index contributed by atoms with van der Waals surface area (Å²) >= 11 is 6.25. The molecule has 4 rings (SSSR count). The van der Waals surface area contributed by atoms with E-state index in [1.165, 1.54) is 28.8 Å². The highest BCUT2D eigenvalue weighted by Gasteiger charge is 2.33. The van der Waals surface area contributed by atoms with Gasteiger partial charge in [0.05, 0.1) is 38.9 Å². The second-order valence-electron chi connectivity index (χ2n) is 7.71. The van der Waals surface area contributed by atoms with Crippen LogP contribution in [0.2, 0.25) is 5.02 Å². The fraction of sp³-hybridized carbons (Fsp3) is 0.125. The lowest BCUT2D eigenvalue weighted by Crippen LogP contribution is -2.28. The third kappa shape index (κ3) is 4.98. The molecule has 0 saturated heterocycles. The van der Waals surface area contributed by atoms with Gasteiger partial charge in [0.15, 0.2) is 0 Å². The van der Waals surface area contributed by atoms with Crippen LogP contribution in [0.25, 0.3) is 16.6 Å². The predicted molar refractivity (Wildman–Crippen MR) is 129 cm³/mol. The van der Waals surface area contributed by atoms with Crippen molar-refractivity contribution >= 4 is 39.9 Å². The van der Waals surface area contributed by atoms with Crippen molar-refractivity contribution in [2.24, 2.45) is 5.73 Å². The van der Waals surface area contributed by atoms with E-state index in [-0.39, 0.29) is 21.9 Å². The number of nitrogens with zero attached hydrogens (tertiary/aromatic N) is 2. The number of nitrogens with two attached hydrogens (primary N) is 1. The van der Waals surface area contributed by atoms with E-state index in [4.69, 9.17) is 17.3 Å². The van der Waals surface area contributed by atoms with Gasteiger partial charge in [0, 0.05) is 5.69 Å². The molecule has 0 aliphatic carbocycles. The maximum absolute atomic E-state index is 13.4. The third-order valence-electron chi connectivity index (χ3n) is 5.12. The first-order valence-electron chi connectivity index (χ1n) is 10.4. The van der Waals surface area contributed by atoms with E-state index in [1.54, 1.807) is 37.3 Å². The lowest BCUT2D eigenvalue weighted by Gasteiger charge is -2.17. The smallest absolute Gasteiger partial charge is 0.322 e. The molecule has 0 bridgehead atoms. The number of halogens is 4. The van der Waals surface area contributed by atoms with E-state index >= 15 is 0 Å². The Kier molecular flexibility index (Phi) is 6.51. The number of fused-ring (bicyclic) bond motifs is 1. The molecule has 0 saturated carbocycles. The van der Waals surface area contributed by atoms with Gasteiger partial charge in [-0.05, 0) is 49.4 Å². The van der Waals surface area contributed by atoms with Crippen LogP contribution in [0.3, 0.4) is 0 Å². The molecule has 1 unspecified atom stereocenters. The first kappa shape index (κ1) is 24.2. The van der Waals surface area contributed by atoms with E-state index in [2.05, 4.69) is 15.6 Å². The van der Waals surface area contributed by atoms with Gasteiger partial charge in [-0.25, -0.2) is 9.78 Å². The molecule has 1 atom stereocenters. The molecule has 2 amide bonds. The fourth-order valence-corrected chi connectivity index (χ4v) is 3.86. The minimum Gasteiger partial charge on any atom is -0.322 e. The summed E-state index contributed by atoms with van der Waals surface area (Å²) in [5.74, 6) is 0.269. The van der Waals surface area contributed by atoms with Crippen LogP contribution in [-0.4, -0.2) is 15.6 Å². The van der Waals surface area contributed by atoms with Crippen molar-refractivity contribution in [2.75, 3.05) is 10.6 Å². The largest absolute Gasteiger partial charge is 0.418 e. The number of para-hydroxylation sites is 1. The van der Waals surface area contributed by atoms with E-state index in [0.717, 1.165) is 12.1 Å². The van der Waals surface area contributed by atoms with Crippen LogP contribution >= 0.6 is 11.6 Å². The molecule has 3 aromatic carbocycles. The predicted octanol–water partition coefficient (Wildman–Crippen LogP) is 5.72. The maximum atomic E-state index is 13.4. The zero-order valence-corrected chi connectivity index (χ0v) is 19.0. The van der Waals surface area contributed by atoms with Crippen LogP contribution in [-0.2, 0) is 6.18 Å². The Morgan fingerprint density at radius 1 is 1.06 bits per heavy atom. The molecule has 0 aliphatic rings. The Morgan fingerprint density at radius 2 is 1.77 bits per heavy atom. The topological polar surface area (TPSA) is 102 Å². The molecule has 1 heterocycles. The second kappa shape index (κ2) is 9.40. The van der Waals surface area contributed by atoms with Gasteiger partial charge in [-0.3, -0.25) is 9.36 Å². The molecule has 7 nitrogen and oxygen atoms in total. The van der Waals surface area contributed by atoms with Crippen LogP contribution in [0, 0.1) is 0 Å². The van der Waals surface area contributed by atoms with E-state index in [9.17, 15) is 22.8 Å². The molecule has 4 N–H and O–H groups in total. The summed E-state index contributed by atoms with van der Waals surface area (Å²) in [5, 5.41) is 5.13. The highest BCUT2D eigenvalue weighted by molar-refractivity contribution is 6.35. The van der Waals surface area contributed by atoms with Crippen LogP contribution in [0.4, 0.5) is 29.3 Å². The lowest BCUT2D eigenvalue weighted by molar-refractivity contribution is -0.136. The van der Waals surface area contributed by atoms with Crippen molar-refractivity contribution in [2.45, 2.75) is 19.1 Å². The zero-order chi connectivity index (χ0) is 25.3. The van der Waals surface area contributed by atoms with E-state index < -0.39 is 35.1 Å². The van der Waals surface area contributed by atoms with Crippen molar-refractivity contribution in [1.29, 1.82) is 0 Å². The molecule has 180 valence electrons. The quantitative estimate of drug-likeness (QED) is 0.333. The number of anilines is 2. The summed E-state index contributed by atoms with van der Waals surface area (Å²) in [6.45, 7) is 1.67. The number of rotatable bonds is 4. The van der Waals surface area contributed by atoms with Gasteiger partial charge in [0.2, 0.25) is 0 Å². The van der Waals surface area contributed by atoms with Gasteiger partial charge < -0.3 is 16.4 Å². The molecule has 0 fully saturated rings. The average Bonchev–Trinajstić information content (AvgIpc) is 2.78. The van der Waals surface area contributed by atoms with Crippen LogP contribution in [0.15, 0.2) is 71.5 Å². The Morgan fingerprint density at radius 3 is 2.49 bits per heavy atom. The second-order valence-corrected chi connectivity index (χ2v) is 8.11. The van der Waals surface area contributed by atoms with Crippen molar-refractivity contribution in [1.82, 2.24) is 9.55 Å². The standard InChI is InChI=1S/C24H19ClF3N5O2/c1-13(29)21-31-19-11-5-9-17(25)20(19)22(34)33(21)15-7-4-6-14(12-15)30-23(35)32-18-10-3-2-8-16(18)24(26,27)28/h2-13H,29H2,1H3,(H2,30,32,35). The minimum absolute atomic E-state index is 0.207. The van der Waals surface area contributed by atoms with Gasteiger partial charge >= 0.3 is 12.2 Å². The molecule has 0 spiro atoms. The fourth-order valence-electron chi connectivity index (χ4n) is 3.61. The average molecular weight is 502 g/mol. The monoisotopic (exact) mass is 501 g/mol. The summed E-state index contributed by atoms with van der Waals surface area (Å²) in [7, 11) is 0. The number of urea groups is 1. The van der Waals surface area contributed by atoms with Gasteiger partial charge in [-0.2, -0.15) is 13.2 Å². The van der Waals surface area contributed by atoms with Crippen molar-refractivity contribution < 1.29 is 18.0 Å². The van der Waals surface area contributed by atoms with Crippen LogP contribution in [0.5, 0.6) is 0 Å². The molecule has 11 heteroatoms. The summed E-state index contributed by atoms with van der Waals surface area (Å²) in [6.07, 6.45) is -4.63. The van der Waals surface area contributed by atoms with E-state index in [0.29, 0.717) is 11.2 Å². The van der Waals surface area contributed by atoms with Crippen LogP contribution in [0.1, 0.15) is 24.4 Å². The van der Waals surface area contributed by atoms with Crippen LogP contribution < -0.4 is 21.9 Å². The van der Waals surface area contributed by atoms with Crippen molar-refractivity contribution in [3.8, 4) is 5.69 Å². The van der Waals surface area contributed by atoms with Gasteiger partial charge in [-0.1, -0.05) is 35.9 Å². The Labute approximate surface area is 202 Å². The van der Waals surface area contributed by atoms with Gasteiger partial charge in [0.25, 0.3) is 5.56 Å². The van der Waals surface area contributed by atoms with Crippen molar-refractivity contribution in [3.05, 3.63) is 93.5 Å². The molecule has 4 aromatic rings. The normalized spacial score (nSPS) is 12.4. The highest BCUT2D eigenvalue weighted by Crippen LogP contribution is 2.34. The minimum atomic E-state index is -4.63. The number of amides is 2. The van der Waals surface area contributed by atoms with Gasteiger partial charge in [-0.15, -0.1) is 0 Å². The number of benzene rings is 3. The first-order valence-corrected chi connectivity index (χ1v) is 10.8. The number of hydrogen-bond acceptors (Lipinski definition) is 4. The summed E-state index contributed by atoms with van der Waals surface area (Å²) in [4.78, 5) is 30.3. The number of aromatic nitrogens is 2. The zero-order valence-electron chi connectivity index (χ0n) is 18.2. The Hall–Kier alpha value is -3.89. The number of nitrogens with one attached hydrogen (secondary N) is 2. The SMILES string of the molecule is CC(N)c1nc2cccc(Cl)c2c(=O)n1-c1cccc(NC(=O)Nc2ccccc2C(F)(F)F)c1. The molecule has 0 radical (unpaired) electrons. The summed E-state index contributed by atoms with van der Waals surface area (Å²) < 4.78 is 40.9. The Bertz CT molecular complexity index is 1480. The summed E-state index contributed by atoms with van der Waals surface area (Å²) in [6, 6.07) is 14.2. The number of carbonyl (C=O) groups excluding carboxylic acids is 1. The molecular weight excluding hydrogens is 483 g/mol. The summed E-state index contributed by atoms with van der Waals surface area (Å²) in [5.41, 5.74) is 5.22. The molecular formula is C24H19ClF3N5O2. The first-order chi connectivity index (χ1) is 16.6. The number of alkyl halides is 3. The van der Waals surface area contributed by atoms with E-state index in [1.807, 2.05) is 0 Å². The number of hydrogen-bond donors (Lipinski definition) is 3. The maximum Gasteiger partial charge on any atom is 0.418 e. The van der Waals surface area contributed by atoms with Crippen molar-refractivity contribution in [3.63, 3.8) is 0 Å².